The van der Waals surface area contributed by atoms with Gasteiger partial charge in [0.15, 0.2) is 0 Å². The molecule has 108 valence electrons. The highest BCUT2D eigenvalue weighted by atomic mass is 32.1. The topological polar surface area (TPSA) is 73.0 Å². The zero-order chi connectivity index (χ0) is 15.2. The highest BCUT2D eigenvalue weighted by Crippen LogP contribution is 2.30. The number of thiocarbonyl (C=S) groups is 1. The molecule has 0 saturated carbocycles. The largest absolute Gasteiger partial charge is 0.363 e. The Hall–Kier alpha value is -2.28. The molecule has 1 aliphatic heterocycles. The summed E-state index contributed by atoms with van der Waals surface area (Å²) < 4.78 is 1.85. The van der Waals surface area contributed by atoms with Crippen molar-refractivity contribution in [3.8, 4) is 0 Å². The monoisotopic (exact) mass is 302 g/mol. The number of non-ortho nitro benzene ring substituents is 1. The molecular weight excluding hydrogens is 288 g/mol. The van der Waals surface area contributed by atoms with E-state index in [-0.39, 0.29) is 5.69 Å². The Morgan fingerprint density at radius 3 is 2.95 bits per heavy atom. The molecule has 0 aliphatic carbocycles. The number of aryl methyl sites for hydroxylation is 1. The van der Waals surface area contributed by atoms with E-state index in [1.54, 1.807) is 12.1 Å². The lowest BCUT2D eigenvalue weighted by Crippen LogP contribution is -2.51. The molecule has 1 aromatic heterocycles. The lowest BCUT2D eigenvalue weighted by Gasteiger charge is -2.36. The van der Waals surface area contributed by atoms with Crippen molar-refractivity contribution < 1.29 is 4.92 Å². The first-order chi connectivity index (χ1) is 9.89. The number of fused-ring (bicyclic) bond motifs is 1. The molecule has 1 aromatic carbocycles. The van der Waals surface area contributed by atoms with Crippen LogP contribution in [0.4, 0.5) is 5.69 Å². The molecule has 3 rings (SSSR count). The van der Waals surface area contributed by atoms with E-state index in [1.165, 1.54) is 6.07 Å². The van der Waals surface area contributed by atoms with Crippen LogP contribution in [-0.2, 0) is 12.1 Å². The summed E-state index contributed by atoms with van der Waals surface area (Å²) in [6, 6.07) is 8.55. The SMILES string of the molecule is Cc1cc2n(n1)CC(C)(c1cccc([N+](=O)[O-])c1)NC2=S. The number of hydrogen-bond acceptors (Lipinski definition) is 4. The quantitative estimate of drug-likeness (QED) is 0.523. The molecule has 1 aliphatic rings. The fourth-order valence-electron chi connectivity index (χ4n) is 2.63. The van der Waals surface area contributed by atoms with Gasteiger partial charge in [0.05, 0.1) is 28.4 Å². The lowest BCUT2D eigenvalue weighted by molar-refractivity contribution is -0.385. The Kier molecular flexibility index (Phi) is 3.02. The van der Waals surface area contributed by atoms with Crippen LogP contribution in [0, 0.1) is 17.0 Å². The number of nitrogens with one attached hydrogen (secondary N) is 1. The van der Waals surface area contributed by atoms with Crippen LogP contribution in [0.2, 0.25) is 0 Å². The average molecular weight is 302 g/mol. The zero-order valence-corrected chi connectivity index (χ0v) is 12.5. The van der Waals surface area contributed by atoms with Gasteiger partial charge in [-0.05, 0) is 25.5 Å². The molecule has 21 heavy (non-hydrogen) atoms. The molecule has 6 nitrogen and oxygen atoms in total. The first kappa shape index (κ1) is 13.7. The number of hydrogen-bond donors (Lipinski definition) is 1. The van der Waals surface area contributed by atoms with Crippen LogP contribution in [-0.4, -0.2) is 19.7 Å². The van der Waals surface area contributed by atoms with Gasteiger partial charge in [0.1, 0.15) is 4.99 Å². The number of benzene rings is 1. The van der Waals surface area contributed by atoms with E-state index >= 15 is 0 Å². The van der Waals surface area contributed by atoms with Crippen molar-refractivity contribution in [2.75, 3.05) is 0 Å². The van der Waals surface area contributed by atoms with Gasteiger partial charge in [0, 0.05) is 12.1 Å². The molecule has 2 heterocycles. The van der Waals surface area contributed by atoms with E-state index in [0.717, 1.165) is 17.0 Å². The van der Waals surface area contributed by atoms with Crippen molar-refractivity contribution in [2.24, 2.45) is 0 Å². The molecular formula is C14H14N4O2S. The summed E-state index contributed by atoms with van der Waals surface area (Å²) in [7, 11) is 0. The standard InChI is InChI=1S/C14H14N4O2S/c1-9-6-12-13(21)15-14(2,8-17(12)16-9)10-4-3-5-11(7-10)18(19)20/h3-7H,8H2,1-2H3,(H,15,21). The summed E-state index contributed by atoms with van der Waals surface area (Å²) in [6.07, 6.45) is 0. The molecule has 0 fully saturated rings. The summed E-state index contributed by atoms with van der Waals surface area (Å²) in [4.78, 5) is 11.2. The lowest BCUT2D eigenvalue weighted by atomic mass is 9.90. The van der Waals surface area contributed by atoms with E-state index < -0.39 is 10.5 Å². The Bertz CT molecular complexity index is 755. The van der Waals surface area contributed by atoms with Crippen LogP contribution in [0.25, 0.3) is 0 Å². The van der Waals surface area contributed by atoms with Crippen LogP contribution in [0.3, 0.4) is 0 Å². The molecule has 2 aromatic rings. The Morgan fingerprint density at radius 1 is 1.48 bits per heavy atom. The van der Waals surface area contributed by atoms with E-state index in [1.807, 2.05) is 30.7 Å². The molecule has 1 atom stereocenters. The highest BCUT2D eigenvalue weighted by molar-refractivity contribution is 7.80. The fraction of sp³-hybridized carbons (Fsp3) is 0.286. The van der Waals surface area contributed by atoms with Gasteiger partial charge in [-0.2, -0.15) is 5.10 Å². The maximum absolute atomic E-state index is 10.9. The predicted octanol–water partition coefficient (Wildman–Crippen LogP) is 2.29. The Morgan fingerprint density at radius 2 is 2.24 bits per heavy atom. The number of nitro groups is 1. The molecule has 0 amide bonds. The van der Waals surface area contributed by atoms with Crippen molar-refractivity contribution in [1.29, 1.82) is 0 Å². The predicted molar refractivity (Wildman–Crippen MR) is 82.2 cm³/mol. The molecule has 0 saturated heterocycles. The highest BCUT2D eigenvalue weighted by Gasteiger charge is 2.35. The first-order valence-corrected chi connectivity index (χ1v) is 6.92. The van der Waals surface area contributed by atoms with Crippen LogP contribution >= 0.6 is 12.2 Å². The van der Waals surface area contributed by atoms with E-state index in [9.17, 15) is 10.1 Å². The van der Waals surface area contributed by atoms with Crippen molar-refractivity contribution >= 4 is 22.9 Å². The molecule has 0 bridgehead atoms. The van der Waals surface area contributed by atoms with Crippen LogP contribution in [0.1, 0.15) is 23.9 Å². The maximum atomic E-state index is 10.9. The minimum Gasteiger partial charge on any atom is -0.363 e. The summed E-state index contributed by atoms with van der Waals surface area (Å²) in [6.45, 7) is 4.45. The van der Waals surface area contributed by atoms with Crippen molar-refractivity contribution in [3.63, 3.8) is 0 Å². The van der Waals surface area contributed by atoms with Gasteiger partial charge in [-0.25, -0.2) is 0 Å². The van der Waals surface area contributed by atoms with Gasteiger partial charge in [0.2, 0.25) is 0 Å². The smallest absolute Gasteiger partial charge is 0.269 e. The third-order valence-electron chi connectivity index (χ3n) is 3.68. The second kappa shape index (κ2) is 4.63. The van der Waals surface area contributed by atoms with E-state index in [2.05, 4.69) is 10.4 Å². The molecule has 0 radical (unpaired) electrons. The van der Waals surface area contributed by atoms with Gasteiger partial charge in [-0.15, -0.1) is 0 Å². The van der Waals surface area contributed by atoms with E-state index in [0.29, 0.717) is 11.5 Å². The molecule has 7 heteroatoms. The number of nitrogens with zero attached hydrogens (tertiary/aromatic N) is 3. The minimum absolute atomic E-state index is 0.0730. The van der Waals surface area contributed by atoms with Crippen LogP contribution in [0.15, 0.2) is 30.3 Å². The van der Waals surface area contributed by atoms with Crippen LogP contribution < -0.4 is 5.32 Å². The van der Waals surface area contributed by atoms with Crippen LogP contribution in [0.5, 0.6) is 0 Å². The third-order valence-corrected chi connectivity index (χ3v) is 4.00. The zero-order valence-electron chi connectivity index (χ0n) is 11.7. The summed E-state index contributed by atoms with van der Waals surface area (Å²) in [5, 5.41) is 18.7. The molecule has 1 unspecified atom stereocenters. The van der Waals surface area contributed by atoms with Crippen molar-refractivity contribution in [3.05, 3.63) is 57.4 Å². The molecule has 0 spiro atoms. The first-order valence-electron chi connectivity index (χ1n) is 6.51. The summed E-state index contributed by atoms with van der Waals surface area (Å²) in [5.41, 5.74) is 2.15. The third kappa shape index (κ3) is 2.29. The minimum atomic E-state index is -0.519. The average Bonchev–Trinajstić information content (AvgIpc) is 2.79. The van der Waals surface area contributed by atoms with E-state index in [4.69, 9.17) is 12.2 Å². The van der Waals surface area contributed by atoms with Gasteiger partial charge in [-0.3, -0.25) is 14.8 Å². The number of nitro benzene ring substituents is 1. The molecule has 1 N–H and O–H groups in total. The van der Waals surface area contributed by atoms with Gasteiger partial charge in [-0.1, -0.05) is 24.4 Å². The Balaban J connectivity index is 2.04. The second-order valence-corrected chi connectivity index (χ2v) is 5.83. The van der Waals surface area contributed by atoms with Gasteiger partial charge >= 0.3 is 0 Å². The van der Waals surface area contributed by atoms with Gasteiger partial charge < -0.3 is 5.32 Å². The second-order valence-electron chi connectivity index (χ2n) is 5.42. The van der Waals surface area contributed by atoms with Gasteiger partial charge in [0.25, 0.3) is 5.69 Å². The summed E-state index contributed by atoms with van der Waals surface area (Å²) >= 11 is 5.40. The normalized spacial score (nSPS) is 20.8. The van der Waals surface area contributed by atoms with Crippen molar-refractivity contribution in [1.82, 2.24) is 15.1 Å². The number of aromatic nitrogens is 2. The fourth-order valence-corrected chi connectivity index (χ4v) is 3.02. The maximum Gasteiger partial charge on any atom is 0.269 e. The summed E-state index contributed by atoms with van der Waals surface area (Å²) in [5.74, 6) is 0. The van der Waals surface area contributed by atoms with Crippen molar-refractivity contribution in [2.45, 2.75) is 25.9 Å². The number of rotatable bonds is 2. The Labute approximate surface area is 126 Å².